The maximum atomic E-state index is 4.93. The molecule has 28 heavy (non-hydrogen) atoms. The van der Waals surface area contributed by atoms with Crippen molar-refractivity contribution in [1.29, 1.82) is 0 Å². The Labute approximate surface area is 168 Å². The highest BCUT2D eigenvalue weighted by molar-refractivity contribution is 5.60. The number of aromatic nitrogens is 3. The Hall–Kier alpha value is -2.05. The molecule has 0 amide bonds. The van der Waals surface area contributed by atoms with Crippen molar-refractivity contribution in [2.75, 3.05) is 45.1 Å². The van der Waals surface area contributed by atoms with Crippen molar-refractivity contribution in [3.63, 3.8) is 0 Å². The van der Waals surface area contributed by atoms with Crippen molar-refractivity contribution in [2.45, 2.75) is 45.1 Å². The zero-order valence-corrected chi connectivity index (χ0v) is 17.4. The number of anilines is 1. The summed E-state index contributed by atoms with van der Waals surface area (Å²) in [6, 6.07) is 3.97. The van der Waals surface area contributed by atoms with Gasteiger partial charge in [-0.05, 0) is 58.7 Å². The Kier molecular flexibility index (Phi) is 5.60. The van der Waals surface area contributed by atoms with Crippen molar-refractivity contribution < 1.29 is 0 Å². The average Bonchev–Trinajstić information content (AvgIpc) is 3.17. The third-order valence-electron chi connectivity index (χ3n) is 5.98. The highest BCUT2D eigenvalue weighted by atomic mass is 15.2. The average molecular weight is 381 g/mol. The molecule has 2 aliphatic rings. The van der Waals surface area contributed by atoms with Gasteiger partial charge < -0.3 is 15.1 Å². The van der Waals surface area contributed by atoms with Gasteiger partial charge >= 0.3 is 0 Å². The number of aryl methyl sites for hydroxylation is 1. The van der Waals surface area contributed by atoms with Gasteiger partial charge in [-0.15, -0.1) is 0 Å². The molecule has 6 nitrogen and oxygen atoms in total. The molecule has 0 bridgehead atoms. The maximum Gasteiger partial charge on any atom is 0.161 e. The van der Waals surface area contributed by atoms with Crippen LogP contribution in [-0.2, 0) is 12.8 Å². The van der Waals surface area contributed by atoms with E-state index in [9.17, 15) is 0 Å². The number of nitrogens with one attached hydrogen (secondary N) is 1. The zero-order valence-electron chi connectivity index (χ0n) is 17.4. The number of hydrogen-bond donors (Lipinski definition) is 1. The lowest BCUT2D eigenvalue weighted by Gasteiger charge is -2.35. The number of piperazine rings is 1. The van der Waals surface area contributed by atoms with Gasteiger partial charge in [-0.3, -0.25) is 4.98 Å². The van der Waals surface area contributed by atoms with Gasteiger partial charge in [0, 0.05) is 67.5 Å². The van der Waals surface area contributed by atoms with Gasteiger partial charge in [-0.2, -0.15) is 0 Å². The van der Waals surface area contributed by atoms with Crippen LogP contribution in [0.15, 0.2) is 24.5 Å². The van der Waals surface area contributed by atoms with E-state index in [2.05, 4.69) is 41.0 Å². The minimum absolute atomic E-state index is 0.0103. The molecule has 0 saturated carbocycles. The lowest BCUT2D eigenvalue weighted by atomic mass is 9.99. The summed E-state index contributed by atoms with van der Waals surface area (Å²) in [5.74, 6) is 1.83. The fourth-order valence-electron chi connectivity index (χ4n) is 4.06. The summed E-state index contributed by atoms with van der Waals surface area (Å²) in [5.41, 5.74) is 3.54. The molecule has 1 N–H and O–H groups in total. The van der Waals surface area contributed by atoms with Crippen molar-refractivity contribution >= 4 is 5.82 Å². The van der Waals surface area contributed by atoms with Gasteiger partial charge in [-0.1, -0.05) is 0 Å². The molecular formula is C22H32N6. The van der Waals surface area contributed by atoms with Crippen LogP contribution in [0.2, 0.25) is 0 Å². The Morgan fingerprint density at radius 2 is 1.79 bits per heavy atom. The monoisotopic (exact) mass is 380 g/mol. The molecule has 0 aromatic carbocycles. The highest BCUT2D eigenvalue weighted by Gasteiger charge is 2.26. The maximum absolute atomic E-state index is 4.93. The molecule has 1 aliphatic heterocycles. The summed E-state index contributed by atoms with van der Waals surface area (Å²) in [6.45, 7) is 10.4. The van der Waals surface area contributed by atoms with E-state index in [4.69, 9.17) is 9.97 Å². The van der Waals surface area contributed by atoms with Crippen LogP contribution < -0.4 is 5.32 Å². The zero-order chi connectivity index (χ0) is 19.6. The molecule has 0 atom stereocenters. The molecule has 2 aromatic heterocycles. The summed E-state index contributed by atoms with van der Waals surface area (Å²) in [5, 5.41) is 3.77. The summed E-state index contributed by atoms with van der Waals surface area (Å²) >= 11 is 0. The molecule has 1 aliphatic carbocycles. The quantitative estimate of drug-likeness (QED) is 0.832. The van der Waals surface area contributed by atoms with E-state index in [1.54, 1.807) is 12.4 Å². The number of nitrogens with zero attached hydrogens (tertiary/aromatic N) is 5. The van der Waals surface area contributed by atoms with Gasteiger partial charge in [0.25, 0.3) is 0 Å². The lowest BCUT2D eigenvalue weighted by Crippen LogP contribution is -2.46. The minimum Gasteiger partial charge on any atom is -0.365 e. The molecular weight excluding hydrogens is 348 g/mol. The van der Waals surface area contributed by atoms with Crippen molar-refractivity contribution in [3.05, 3.63) is 35.8 Å². The highest BCUT2D eigenvalue weighted by Crippen LogP contribution is 2.31. The molecule has 4 rings (SSSR count). The summed E-state index contributed by atoms with van der Waals surface area (Å²) in [7, 11) is 2.21. The van der Waals surface area contributed by atoms with Gasteiger partial charge in [0.2, 0.25) is 0 Å². The van der Waals surface area contributed by atoms with E-state index in [0.717, 1.165) is 43.0 Å². The van der Waals surface area contributed by atoms with E-state index in [0.29, 0.717) is 0 Å². The topological polar surface area (TPSA) is 57.2 Å². The third kappa shape index (κ3) is 4.50. The first-order valence-corrected chi connectivity index (χ1v) is 10.5. The second kappa shape index (κ2) is 8.13. The number of likely N-dealkylation sites (N-methyl/N-ethyl adjacent to an activating group) is 1. The van der Waals surface area contributed by atoms with E-state index in [1.165, 1.54) is 43.9 Å². The normalized spacial score (nSPS) is 18.2. The van der Waals surface area contributed by atoms with Crippen LogP contribution >= 0.6 is 0 Å². The van der Waals surface area contributed by atoms with Crippen LogP contribution in [0.25, 0.3) is 11.4 Å². The third-order valence-corrected chi connectivity index (χ3v) is 5.98. The first-order chi connectivity index (χ1) is 13.5. The SMILES string of the molecule is CN1CCN(CCC(C)(C)Nc2nc(-c3ccncc3)nc3c2CCC3)CC1. The van der Waals surface area contributed by atoms with E-state index in [1.807, 2.05) is 12.1 Å². The molecule has 150 valence electrons. The lowest BCUT2D eigenvalue weighted by molar-refractivity contribution is 0.147. The number of hydrogen-bond acceptors (Lipinski definition) is 6. The Balaban J connectivity index is 1.49. The van der Waals surface area contributed by atoms with E-state index < -0.39 is 0 Å². The fourth-order valence-corrected chi connectivity index (χ4v) is 4.06. The fraction of sp³-hybridized carbons (Fsp3) is 0.591. The number of rotatable bonds is 6. The van der Waals surface area contributed by atoms with Crippen LogP contribution in [0, 0.1) is 0 Å². The second-order valence-electron chi connectivity index (χ2n) is 8.81. The molecule has 3 heterocycles. The minimum atomic E-state index is -0.0103. The summed E-state index contributed by atoms with van der Waals surface area (Å²) in [6.07, 6.45) is 7.99. The van der Waals surface area contributed by atoms with Gasteiger partial charge in [0.05, 0.1) is 0 Å². The van der Waals surface area contributed by atoms with E-state index >= 15 is 0 Å². The Morgan fingerprint density at radius 1 is 1.04 bits per heavy atom. The van der Waals surface area contributed by atoms with E-state index in [-0.39, 0.29) is 5.54 Å². The van der Waals surface area contributed by atoms with Gasteiger partial charge in [-0.25, -0.2) is 9.97 Å². The van der Waals surface area contributed by atoms with Crippen molar-refractivity contribution in [1.82, 2.24) is 24.8 Å². The second-order valence-corrected chi connectivity index (χ2v) is 8.81. The van der Waals surface area contributed by atoms with Crippen molar-refractivity contribution in [2.24, 2.45) is 0 Å². The molecule has 1 saturated heterocycles. The Morgan fingerprint density at radius 3 is 2.54 bits per heavy atom. The standard InChI is InChI=1S/C22H32N6/c1-22(2,9-12-28-15-13-27(3)14-16-28)26-21-18-5-4-6-19(18)24-20(25-21)17-7-10-23-11-8-17/h7-8,10-11H,4-6,9,12-16H2,1-3H3,(H,24,25,26). The smallest absolute Gasteiger partial charge is 0.161 e. The summed E-state index contributed by atoms with van der Waals surface area (Å²) < 4.78 is 0. The van der Waals surface area contributed by atoms with Crippen LogP contribution in [0.3, 0.4) is 0 Å². The Bertz CT molecular complexity index is 796. The number of fused-ring (bicyclic) bond motifs is 1. The molecule has 0 spiro atoms. The van der Waals surface area contributed by atoms with Crippen molar-refractivity contribution in [3.8, 4) is 11.4 Å². The van der Waals surface area contributed by atoms with Crippen LogP contribution in [0.1, 0.15) is 37.9 Å². The van der Waals surface area contributed by atoms with Crippen LogP contribution in [0.5, 0.6) is 0 Å². The number of pyridine rings is 1. The first kappa shape index (κ1) is 19.3. The molecule has 6 heteroatoms. The first-order valence-electron chi connectivity index (χ1n) is 10.5. The van der Waals surface area contributed by atoms with Gasteiger partial charge in [0.15, 0.2) is 5.82 Å². The molecule has 1 fully saturated rings. The predicted octanol–water partition coefficient (Wildman–Crippen LogP) is 2.86. The summed E-state index contributed by atoms with van der Waals surface area (Å²) in [4.78, 5) is 18.9. The van der Waals surface area contributed by atoms with Crippen LogP contribution in [0.4, 0.5) is 5.82 Å². The molecule has 0 unspecified atom stereocenters. The van der Waals surface area contributed by atoms with Crippen LogP contribution in [-0.4, -0.2) is 70.1 Å². The predicted molar refractivity (Wildman–Crippen MR) is 114 cm³/mol. The molecule has 2 aromatic rings. The van der Waals surface area contributed by atoms with Gasteiger partial charge in [0.1, 0.15) is 5.82 Å². The largest absolute Gasteiger partial charge is 0.365 e. The molecule has 0 radical (unpaired) electrons.